The average Bonchev–Trinajstić information content (AvgIpc) is 2.56. The number of hydrogen-bond acceptors (Lipinski definition) is 2. The molecule has 2 fully saturated rings. The largest absolute Gasteiger partial charge is 0.313 e. The summed E-state index contributed by atoms with van der Waals surface area (Å²) >= 11 is 0. The number of fused-ring (bicyclic) bond motifs is 2. The maximum absolute atomic E-state index is 3.93. The highest BCUT2D eigenvalue weighted by Crippen LogP contribution is 2.65. The van der Waals surface area contributed by atoms with Crippen molar-refractivity contribution in [2.24, 2.45) is 22.2 Å². The molecule has 2 rings (SSSR count). The minimum Gasteiger partial charge on any atom is -0.313 e. The van der Waals surface area contributed by atoms with Gasteiger partial charge in [0, 0.05) is 19.1 Å². The van der Waals surface area contributed by atoms with Gasteiger partial charge in [-0.3, -0.25) is 0 Å². The van der Waals surface area contributed by atoms with Crippen molar-refractivity contribution in [3.8, 4) is 0 Å². The van der Waals surface area contributed by atoms with Gasteiger partial charge in [0.2, 0.25) is 0 Å². The van der Waals surface area contributed by atoms with E-state index in [2.05, 4.69) is 58.9 Å². The second kappa shape index (κ2) is 4.73. The Morgan fingerprint density at radius 2 is 1.84 bits per heavy atom. The number of nitrogens with zero attached hydrogens (tertiary/aromatic N) is 1. The summed E-state index contributed by atoms with van der Waals surface area (Å²) in [5, 5.41) is 3.93. The van der Waals surface area contributed by atoms with Crippen LogP contribution in [0.15, 0.2) is 0 Å². The average molecular weight is 266 g/mol. The number of rotatable bonds is 5. The first-order valence-corrected chi connectivity index (χ1v) is 7.97. The molecule has 2 aliphatic carbocycles. The van der Waals surface area contributed by atoms with Crippen LogP contribution in [0.2, 0.25) is 0 Å². The van der Waals surface area contributed by atoms with E-state index in [1.165, 1.54) is 19.3 Å². The van der Waals surface area contributed by atoms with Crippen LogP contribution in [0.4, 0.5) is 0 Å². The van der Waals surface area contributed by atoms with Crippen molar-refractivity contribution in [3.63, 3.8) is 0 Å². The smallest absolute Gasteiger partial charge is 0.0129 e. The summed E-state index contributed by atoms with van der Waals surface area (Å²) in [5.74, 6) is 0.937. The molecule has 2 heteroatoms. The van der Waals surface area contributed by atoms with Crippen LogP contribution in [0, 0.1) is 22.2 Å². The fourth-order valence-corrected chi connectivity index (χ4v) is 4.82. The first kappa shape index (κ1) is 15.3. The molecule has 2 nitrogen and oxygen atoms in total. The molecule has 0 spiro atoms. The molecule has 112 valence electrons. The van der Waals surface area contributed by atoms with Crippen molar-refractivity contribution in [2.75, 3.05) is 27.2 Å². The fourth-order valence-electron chi connectivity index (χ4n) is 4.82. The maximum atomic E-state index is 3.93. The molecular weight excluding hydrogens is 232 g/mol. The van der Waals surface area contributed by atoms with Gasteiger partial charge in [0.1, 0.15) is 0 Å². The zero-order valence-corrected chi connectivity index (χ0v) is 14.1. The third kappa shape index (κ3) is 2.58. The SMILES string of the molecule is CN(C)CC(C)(C)CNC1CC2CCC1(C)C2(C)C. The summed E-state index contributed by atoms with van der Waals surface area (Å²) < 4.78 is 0. The van der Waals surface area contributed by atoms with Gasteiger partial charge in [0.25, 0.3) is 0 Å². The highest BCUT2D eigenvalue weighted by Gasteiger charge is 2.61. The van der Waals surface area contributed by atoms with E-state index < -0.39 is 0 Å². The molecule has 0 aromatic heterocycles. The van der Waals surface area contributed by atoms with Crippen LogP contribution < -0.4 is 5.32 Å². The van der Waals surface area contributed by atoms with Crippen LogP contribution in [0.1, 0.15) is 53.9 Å². The molecule has 2 bridgehead atoms. The molecule has 3 unspecified atom stereocenters. The molecule has 0 amide bonds. The fraction of sp³-hybridized carbons (Fsp3) is 1.00. The Balaban J connectivity index is 1.95. The third-order valence-corrected chi connectivity index (χ3v) is 6.37. The molecule has 0 saturated heterocycles. The zero-order valence-electron chi connectivity index (χ0n) is 14.1. The second-order valence-corrected chi connectivity index (χ2v) is 8.95. The molecule has 2 saturated carbocycles. The van der Waals surface area contributed by atoms with E-state index in [9.17, 15) is 0 Å². The van der Waals surface area contributed by atoms with Gasteiger partial charge in [-0.05, 0) is 55.5 Å². The van der Waals surface area contributed by atoms with E-state index >= 15 is 0 Å². The summed E-state index contributed by atoms with van der Waals surface area (Å²) in [6, 6.07) is 0.725. The van der Waals surface area contributed by atoms with Crippen LogP contribution in [0.3, 0.4) is 0 Å². The minimum atomic E-state index is 0.353. The van der Waals surface area contributed by atoms with Crippen molar-refractivity contribution < 1.29 is 0 Å². The Hall–Kier alpha value is -0.0800. The standard InChI is InChI=1S/C17H34N2/c1-15(2,12-19(6)7)11-18-14-10-13-8-9-17(14,5)16(13,3)4/h13-14,18H,8-12H2,1-7H3. The number of hydrogen-bond donors (Lipinski definition) is 1. The van der Waals surface area contributed by atoms with E-state index in [1.807, 2.05) is 0 Å². The molecule has 0 heterocycles. The van der Waals surface area contributed by atoms with Crippen LogP contribution in [-0.2, 0) is 0 Å². The third-order valence-electron chi connectivity index (χ3n) is 6.37. The Bertz CT molecular complexity index is 332. The van der Waals surface area contributed by atoms with E-state index in [0.717, 1.165) is 25.0 Å². The first-order chi connectivity index (χ1) is 8.58. The van der Waals surface area contributed by atoms with Gasteiger partial charge in [0.05, 0.1) is 0 Å². The van der Waals surface area contributed by atoms with Crippen LogP contribution >= 0.6 is 0 Å². The molecule has 0 aromatic rings. The number of nitrogens with one attached hydrogen (secondary N) is 1. The lowest BCUT2D eigenvalue weighted by molar-refractivity contribution is 0.111. The van der Waals surface area contributed by atoms with Gasteiger partial charge in [0.15, 0.2) is 0 Å². The first-order valence-electron chi connectivity index (χ1n) is 7.97. The maximum Gasteiger partial charge on any atom is 0.0129 e. The van der Waals surface area contributed by atoms with Crippen LogP contribution in [-0.4, -0.2) is 38.1 Å². The van der Waals surface area contributed by atoms with E-state index in [4.69, 9.17) is 0 Å². The van der Waals surface area contributed by atoms with Gasteiger partial charge < -0.3 is 10.2 Å². The topological polar surface area (TPSA) is 15.3 Å². The van der Waals surface area contributed by atoms with Crippen LogP contribution in [0.5, 0.6) is 0 Å². The van der Waals surface area contributed by atoms with E-state index in [0.29, 0.717) is 16.2 Å². The molecule has 1 N–H and O–H groups in total. The molecule has 0 aromatic carbocycles. The Morgan fingerprint density at radius 3 is 2.26 bits per heavy atom. The lowest BCUT2D eigenvalue weighted by Gasteiger charge is -2.41. The van der Waals surface area contributed by atoms with Crippen molar-refractivity contribution in [1.82, 2.24) is 10.2 Å². The predicted molar refractivity (Wildman–Crippen MR) is 83.4 cm³/mol. The van der Waals surface area contributed by atoms with Crippen molar-refractivity contribution >= 4 is 0 Å². The molecule has 0 radical (unpaired) electrons. The molecular formula is C17H34N2. The molecule has 19 heavy (non-hydrogen) atoms. The molecule has 0 aliphatic heterocycles. The van der Waals surface area contributed by atoms with Gasteiger partial charge >= 0.3 is 0 Å². The van der Waals surface area contributed by atoms with Gasteiger partial charge in [-0.1, -0.05) is 34.6 Å². The highest BCUT2D eigenvalue weighted by molar-refractivity contribution is 5.13. The molecule has 2 aliphatic rings. The molecule has 3 atom stereocenters. The summed E-state index contributed by atoms with van der Waals surface area (Å²) in [6.07, 6.45) is 4.25. The van der Waals surface area contributed by atoms with Crippen molar-refractivity contribution in [3.05, 3.63) is 0 Å². The Kier molecular flexibility index (Phi) is 3.81. The van der Waals surface area contributed by atoms with Crippen LogP contribution in [0.25, 0.3) is 0 Å². The normalized spacial score (nSPS) is 37.3. The van der Waals surface area contributed by atoms with Gasteiger partial charge in [-0.25, -0.2) is 0 Å². The highest BCUT2D eigenvalue weighted by atomic mass is 15.1. The Morgan fingerprint density at radius 1 is 1.21 bits per heavy atom. The lowest BCUT2D eigenvalue weighted by Crippen LogP contribution is -2.48. The minimum absolute atomic E-state index is 0.353. The van der Waals surface area contributed by atoms with Gasteiger partial charge in [-0.2, -0.15) is 0 Å². The Labute approximate surface area is 120 Å². The summed E-state index contributed by atoms with van der Waals surface area (Å²) in [5.41, 5.74) is 1.38. The summed E-state index contributed by atoms with van der Waals surface area (Å²) in [6.45, 7) is 14.6. The van der Waals surface area contributed by atoms with E-state index in [-0.39, 0.29) is 0 Å². The monoisotopic (exact) mass is 266 g/mol. The quantitative estimate of drug-likeness (QED) is 0.820. The summed E-state index contributed by atoms with van der Waals surface area (Å²) in [7, 11) is 4.34. The zero-order chi connectivity index (χ0) is 14.5. The van der Waals surface area contributed by atoms with E-state index in [1.54, 1.807) is 0 Å². The summed E-state index contributed by atoms with van der Waals surface area (Å²) in [4.78, 5) is 2.30. The second-order valence-electron chi connectivity index (χ2n) is 8.95. The van der Waals surface area contributed by atoms with Crippen molar-refractivity contribution in [1.29, 1.82) is 0 Å². The van der Waals surface area contributed by atoms with Crippen molar-refractivity contribution in [2.45, 2.75) is 59.9 Å². The predicted octanol–water partition coefficient (Wildman–Crippen LogP) is 3.38. The van der Waals surface area contributed by atoms with Gasteiger partial charge in [-0.15, -0.1) is 0 Å². The lowest BCUT2D eigenvalue weighted by atomic mass is 9.69.